The van der Waals surface area contributed by atoms with Gasteiger partial charge in [-0.2, -0.15) is 0 Å². The standard InChI is InChI=1S/C24H27NO2/c1-17-12-18(2)24-21(15-23(26)27-22(24)13-17)16-25-10-8-20(9-11-25)14-19-6-4-3-5-7-19/h3-7,12-13,15,20H,8-11,14,16H2,1-2H3. The second-order valence-corrected chi connectivity index (χ2v) is 7.95. The van der Waals surface area contributed by atoms with Gasteiger partial charge in [0.05, 0.1) is 0 Å². The number of rotatable bonds is 4. The van der Waals surface area contributed by atoms with E-state index in [1.54, 1.807) is 6.07 Å². The second-order valence-electron chi connectivity index (χ2n) is 7.95. The maximum Gasteiger partial charge on any atom is 0.336 e. The predicted molar refractivity (Wildman–Crippen MR) is 110 cm³/mol. The summed E-state index contributed by atoms with van der Waals surface area (Å²) in [5.74, 6) is 0.755. The smallest absolute Gasteiger partial charge is 0.336 e. The van der Waals surface area contributed by atoms with Gasteiger partial charge >= 0.3 is 5.63 Å². The molecule has 1 aliphatic rings. The highest BCUT2D eigenvalue weighted by atomic mass is 16.4. The van der Waals surface area contributed by atoms with Crippen LogP contribution in [0.5, 0.6) is 0 Å². The highest BCUT2D eigenvalue weighted by Gasteiger charge is 2.21. The molecule has 0 saturated carbocycles. The van der Waals surface area contributed by atoms with E-state index in [9.17, 15) is 4.79 Å². The number of benzene rings is 2. The zero-order valence-corrected chi connectivity index (χ0v) is 16.2. The molecular weight excluding hydrogens is 334 g/mol. The number of fused-ring (bicyclic) bond motifs is 1. The molecule has 1 aliphatic heterocycles. The SMILES string of the molecule is Cc1cc(C)c2c(CN3CCC(Cc4ccccc4)CC3)cc(=O)oc2c1. The monoisotopic (exact) mass is 361 g/mol. The lowest BCUT2D eigenvalue weighted by atomic mass is 9.90. The highest BCUT2D eigenvalue weighted by molar-refractivity contribution is 5.84. The van der Waals surface area contributed by atoms with Gasteiger partial charge in [0.1, 0.15) is 5.58 Å². The lowest BCUT2D eigenvalue weighted by Crippen LogP contribution is -2.34. The summed E-state index contributed by atoms with van der Waals surface area (Å²) in [6, 6.07) is 16.6. The largest absolute Gasteiger partial charge is 0.423 e. The molecule has 3 aromatic rings. The fourth-order valence-electron chi connectivity index (χ4n) is 4.43. The zero-order valence-electron chi connectivity index (χ0n) is 16.2. The molecule has 0 atom stereocenters. The highest BCUT2D eigenvalue weighted by Crippen LogP contribution is 2.27. The maximum atomic E-state index is 12.0. The predicted octanol–water partition coefficient (Wildman–Crippen LogP) is 4.86. The van der Waals surface area contributed by atoms with Crippen molar-refractivity contribution < 1.29 is 4.42 Å². The van der Waals surface area contributed by atoms with Gasteiger partial charge < -0.3 is 4.42 Å². The Hall–Kier alpha value is -2.39. The summed E-state index contributed by atoms with van der Waals surface area (Å²) >= 11 is 0. The van der Waals surface area contributed by atoms with Gasteiger partial charge in [-0.1, -0.05) is 36.4 Å². The van der Waals surface area contributed by atoms with E-state index in [0.717, 1.165) is 42.1 Å². The molecule has 0 amide bonds. The van der Waals surface area contributed by atoms with Gasteiger partial charge in [0.2, 0.25) is 0 Å². The van der Waals surface area contributed by atoms with Crippen molar-refractivity contribution in [1.82, 2.24) is 4.90 Å². The van der Waals surface area contributed by atoms with Crippen LogP contribution in [0.25, 0.3) is 11.0 Å². The van der Waals surface area contributed by atoms with Crippen LogP contribution in [0.1, 0.15) is 35.1 Å². The number of likely N-dealkylation sites (tertiary alicyclic amines) is 1. The summed E-state index contributed by atoms with van der Waals surface area (Å²) in [6.45, 7) is 7.14. The number of hydrogen-bond acceptors (Lipinski definition) is 3. The first-order valence-corrected chi connectivity index (χ1v) is 9.89. The number of hydrogen-bond donors (Lipinski definition) is 0. The van der Waals surface area contributed by atoms with Crippen LogP contribution in [0, 0.1) is 19.8 Å². The molecule has 1 aromatic heterocycles. The topological polar surface area (TPSA) is 33.5 Å². The first-order valence-electron chi connectivity index (χ1n) is 9.89. The molecule has 0 unspecified atom stereocenters. The van der Waals surface area contributed by atoms with Crippen molar-refractivity contribution in [3.8, 4) is 0 Å². The summed E-state index contributed by atoms with van der Waals surface area (Å²) in [6.07, 6.45) is 3.60. The molecule has 1 fully saturated rings. The Bertz CT molecular complexity index is 982. The quantitative estimate of drug-likeness (QED) is 0.622. The van der Waals surface area contributed by atoms with E-state index in [4.69, 9.17) is 4.42 Å². The van der Waals surface area contributed by atoms with Crippen LogP contribution < -0.4 is 5.63 Å². The zero-order chi connectivity index (χ0) is 18.8. The van der Waals surface area contributed by atoms with Gasteiger partial charge in [0.25, 0.3) is 0 Å². The van der Waals surface area contributed by atoms with Crippen LogP contribution in [0.2, 0.25) is 0 Å². The minimum absolute atomic E-state index is 0.249. The van der Waals surface area contributed by atoms with Crippen molar-refractivity contribution in [2.45, 2.75) is 39.7 Å². The van der Waals surface area contributed by atoms with E-state index < -0.39 is 0 Å². The van der Waals surface area contributed by atoms with Crippen molar-refractivity contribution in [2.24, 2.45) is 5.92 Å². The third-order valence-electron chi connectivity index (χ3n) is 5.74. The Balaban J connectivity index is 1.47. The molecule has 0 radical (unpaired) electrons. The number of nitrogens with zero attached hydrogens (tertiary/aromatic N) is 1. The average Bonchev–Trinajstić information content (AvgIpc) is 2.63. The van der Waals surface area contributed by atoms with Crippen LogP contribution in [0.4, 0.5) is 0 Å². The van der Waals surface area contributed by atoms with E-state index >= 15 is 0 Å². The first kappa shape index (κ1) is 18.0. The minimum atomic E-state index is -0.249. The molecule has 3 nitrogen and oxygen atoms in total. The molecule has 2 heterocycles. The average molecular weight is 361 g/mol. The first-order chi connectivity index (χ1) is 13.1. The Kier molecular flexibility index (Phi) is 5.13. The van der Waals surface area contributed by atoms with Crippen molar-refractivity contribution in [1.29, 1.82) is 0 Å². The Labute approximate surface area is 160 Å². The maximum absolute atomic E-state index is 12.0. The third kappa shape index (κ3) is 4.14. The molecule has 0 N–H and O–H groups in total. The Morgan fingerprint density at radius 2 is 1.78 bits per heavy atom. The van der Waals surface area contributed by atoms with Crippen molar-refractivity contribution >= 4 is 11.0 Å². The fourth-order valence-corrected chi connectivity index (χ4v) is 4.43. The van der Waals surface area contributed by atoms with E-state index in [2.05, 4.69) is 48.2 Å². The number of aryl methyl sites for hydroxylation is 2. The summed E-state index contributed by atoms with van der Waals surface area (Å²) in [5, 5.41) is 1.10. The Morgan fingerprint density at radius 3 is 2.52 bits per heavy atom. The van der Waals surface area contributed by atoms with Gasteiger partial charge in [-0.15, -0.1) is 0 Å². The van der Waals surface area contributed by atoms with Crippen LogP contribution >= 0.6 is 0 Å². The van der Waals surface area contributed by atoms with E-state index in [0.29, 0.717) is 5.58 Å². The summed E-state index contributed by atoms with van der Waals surface area (Å²) in [7, 11) is 0. The van der Waals surface area contributed by atoms with Crippen molar-refractivity contribution in [3.05, 3.63) is 81.2 Å². The minimum Gasteiger partial charge on any atom is -0.423 e. The molecule has 4 rings (SSSR count). The van der Waals surface area contributed by atoms with Crippen LogP contribution in [0.15, 0.2) is 57.7 Å². The van der Waals surface area contributed by atoms with Gasteiger partial charge in [0.15, 0.2) is 0 Å². The molecule has 27 heavy (non-hydrogen) atoms. The molecule has 1 saturated heterocycles. The second kappa shape index (κ2) is 7.69. The van der Waals surface area contributed by atoms with E-state index in [-0.39, 0.29) is 5.63 Å². The molecule has 2 aromatic carbocycles. The molecular formula is C24H27NO2. The van der Waals surface area contributed by atoms with Crippen molar-refractivity contribution in [2.75, 3.05) is 13.1 Å². The van der Waals surface area contributed by atoms with Crippen LogP contribution in [0.3, 0.4) is 0 Å². The molecule has 140 valence electrons. The lowest BCUT2D eigenvalue weighted by molar-refractivity contribution is 0.177. The van der Waals surface area contributed by atoms with Crippen LogP contribution in [-0.4, -0.2) is 18.0 Å². The molecule has 0 aliphatic carbocycles. The normalized spacial score (nSPS) is 16.1. The van der Waals surface area contributed by atoms with Crippen LogP contribution in [-0.2, 0) is 13.0 Å². The summed E-state index contributed by atoms with van der Waals surface area (Å²) in [5.41, 5.74) is 5.31. The molecule has 0 bridgehead atoms. The van der Waals surface area contributed by atoms with Gasteiger partial charge in [0, 0.05) is 18.0 Å². The lowest BCUT2D eigenvalue weighted by Gasteiger charge is -2.32. The fraction of sp³-hybridized carbons (Fsp3) is 0.375. The van der Waals surface area contributed by atoms with Gasteiger partial charge in [-0.25, -0.2) is 4.79 Å². The van der Waals surface area contributed by atoms with E-state index in [1.165, 1.54) is 30.4 Å². The summed E-state index contributed by atoms with van der Waals surface area (Å²) in [4.78, 5) is 14.5. The Morgan fingerprint density at radius 1 is 1.04 bits per heavy atom. The summed E-state index contributed by atoms with van der Waals surface area (Å²) < 4.78 is 5.46. The van der Waals surface area contributed by atoms with Gasteiger partial charge in [-0.3, -0.25) is 4.90 Å². The van der Waals surface area contributed by atoms with Gasteiger partial charge in [-0.05, 0) is 80.4 Å². The molecule has 3 heteroatoms. The van der Waals surface area contributed by atoms with Crippen molar-refractivity contribution in [3.63, 3.8) is 0 Å². The number of piperidine rings is 1. The van der Waals surface area contributed by atoms with E-state index in [1.807, 2.05) is 13.0 Å². The molecule has 0 spiro atoms. The third-order valence-corrected chi connectivity index (χ3v) is 5.74.